The number of piperidine rings is 1. The number of likely N-dealkylation sites (tertiary alicyclic amines) is 1. The zero-order valence-corrected chi connectivity index (χ0v) is 13.7. The fourth-order valence-electron chi connectivity index (χ4n) is 3.25. The van der Waals surface area contributed by atoms with Gasteiger partial charge in [-0.15, -0.1) is 0 Å². The van der Waals surface area contributed by atoms with E-state index in [1.54, 1.807) is 24.0 Å². The minimum absolute atomic E-state index is 0.132. The Morgan fingerprint density at radius 1 is 1.17 bits per heavy atom. The van der Waals surface area contributed by atoms with Crippen molar-refractivity contribution in [2.24, 2.45) is 5.92 Å². The summed E-state index contributed by atoms with van der Waals surface area (Å²) in [7, 11) is 0. The fourth-order valence-corrected chi connectivity index (χ4v) is 3.25. The number of rotatable bonds is 3. The van der Waals surface area contributed by atoms with Crippen molar-refractivity contribution in [3.63, 3.8) is 0 Å². The molecule has 1 amide bonds. The molecule has 2 N–H and O–H groups in total. The van der Waals surface area contributed by atoms with Gasteiger partial charge in [0.1, 0.15) is 5.56 Å². The first-order valence-corrected chi connectivity index (χ1v) is 8.28. The Labute approximate surface area is 140 Å². The van der Waals surface area contributed by atoms with E-state index in [1.807, 2.05) is 30.3 Å². The van der Waals surface area contributed by atoms with Crippen LogP contribution in [0.15, 0.2) is 47.3 Å². The normalized spacial score (nSPS) is 16.8. The summed E-state index contributed by atoms with van der Waals surface area (Å²) in [6, 6.07) is 12.9. The lowest BCUT2D eigenvalue weighted by atomic mass is 9.87. The zero-order chi connectivity index (χ0) is 17.1. The van der Waals surface area contributed by atoms with E-state index in [9.17, 15) is 14.7 Å². The van der Waals surface area contributed by atoms with Crippen LogP contribution in [0.1, 0.15) is 40.6 Å². The number of carbonyl (C=O) groups is 1. The van der Waals surface area contributed by atoms with E-state index < -0.39 is 6.10 Å². The number of benzene rings is 1. The number of nitrogens with zero attached hydrogens (tertiary/aromatic N) is 1. The number of aliphatic hydroxyl groups is 1. The van der Waals surface area contributed by atoms with Crippen LogP contribution in [-0.2, 0) is 0 Å². The van der Waals surface area contributed by atoms with Crippen molar-refractivity contribution in [1.29, 1.82) is 0 Å². The number of aliphatic hydroxyl groups excluding tert-OH is 1. The second kappa shape index (κ2) is 7.01. The third-order valence-electron chi connectivity index (χ3n) is 4.70. The molecule has 0 bridgehead atoms. The number of pyridine rings is 1. The smallest absolute Gasteiger partial charge is 0.260 e. The van der Waals surface area contributed by atoms with Gasteiger partial charge in [0.25, 0.3) is 11.5 Å². The van der Waals surface area contributed by atoms with Gasteiger partial charge in [-0.1, -0.05) is 30.3 Å². The predicted octanol–water partition coefficient (Wildman–Crippen LogP) is 2.27. The number of H-pyrrole nitrogens is 1. The monoisotopic (exact) mass is 326 g/mol. The van der Waals surface area contributed by atoms with Crippen molar-refractivity contribution in [2.45, 2.75) is 25.9 Å². The second-order valence-corrected chi connectivity index (χ2v) is 6.37. The number of aryl methyl sites for hydroxylation is 1. The third-order valence-corrected chi connectivity index (χ3v) is 4.70. The van der Waals surface area contributed by atoms with Gasteiger partial charge in [-0.25, -0.2) is 0 Å². The first-order chi connectivity index (χ1) is 11.6. The summed E-state index contributed by atoms with van der Waals surface area (Å²) in [5.74, 6) is -0.100. The molecule has 1 unspecified atom stereocenters. The minimum Gasteiger partial charge on any atom is -0.388 e. The molecule has 1 atom stereocenters. The van der Waals surface area contributed by atoms with Gasteiger partial charge in [0.05, 0.1) is 6.10 Å². The Morgan fingerprint density at radius 3 is 2.46 bits per heavy atom. The Balaban J connectivity index is 1.64. The molecular formula is C19H22N2O3. The summed E-state index contributed by atoms with van der Waals surface area (Å²) >= 11 is 0. The van der Waals surface area contributed by atoms with E-state index in [0.717, 1.165) is 24.1 Å². The number of carbonyl (C=O) groups excluding carboxylic acids is 1. The zero-order valence-electron chi connectivity index (χ0n) is 13.7. The molecule has 0 spiro atoms. The van der Waals surface area contributed by atoms with Crippen LogP contribution in [0.5, 0.6) is 0 Å². The summed E-state index contributed by atoms with van der Waals surface area (Å²) < 4.78 is 0. The van der Waals surface area contributed by atoms with Crippen LogP contribution >= 0.6 is 0 Å². The number of hydrogen-bond donors (Lipinski definition) is 2. The fraction of sp³-hybridized carbons (Fsp3) is 0.368. The molecule has 0 saturated carbocycles. The van der Waals surface area contributed by atoms with Crippen molar-refractivity contribution >= 4 is 5.91 Å². The van der Waals surface area contributed by atoms with Gasteiger partial charge in [-0.3, -0.25) is 9.59 Å². The predicted molar refractivity (Wildman–Crippen MR) is 91.8 cm³/mol. The first kappa shape index (κ1) is 16.5. The highest BCUT2D eigenvalue weighted by Gasteiger charge is 2.29. The number of hydrogen-bond acceptors (Lipinski definition) is 3. The minimum atomic E-state index is -0.508. The summed E-state index contributed by atoms with van der Waals surface area (Å²) in [5, 5.41) is 10.5. The number of nitrogens with one attached hydrogen (secondary N) is 1. The molecule has 1 aromatic carbocycles. The molecule has 2 heterocycles. The number of aromatic amines is 1. The van der Waals surface area contributed by atoms with Gasteiger partial charge in [0.2, 0.25) is 0 Å². The maximum Gasteiger partial charge on any atom is 0.260 e. The summed E-state index contributed by atoms with van der Waals surface area (Å²) in [5.41, 5.74) is 1.49. The highest BCUT2D eigenvalue weighted by molar-refractivity contribution is 5.93. The number of amides is 1. The quantitative estimate of drug-likeness (QED) is 0.909. The van der Waals surface area contributed by atoms with Crippen LogP contribution in [0.3, 0.4) is 0 Å². The largest absolute Gasteiger partial charge is 0.388 e. The van der Waals surface area contributed by atoms with Crippen molar-refractivity contribution in [2.75, 3.05) is 13.1 Å². The summed E-state index contributed by atoms with van der Waals surface area (Å²) in [4.78, 5) is 28.8. The molecule has 5 nitrogen and oxygen atoms in total. The van der Waals surface area contributed by atoms with E-state index in [0.29, 0.717) is 13.1 Å². The van der Waals surface area contributed by atoms with Crippen LogP contribution in [0.25, 0.3) is 0 Å². The Hall–Kier alpha value is -2.40. The number of aromatic nitrogens is 1. The second-order valence-electron chi connectivity index (χ2n) is 6.37. The molecule has 126 valence electrons. The average Bonchev–Trinajstić information content (AvgIpc) is 2.61. The molecule has 1 aromatic heterocycles. The van der Waals surface area contributed by atoms with Gasteiger partial charge in [0, 0.05) is 18.8 Å². The lowest BCUT2D eigenvalue weighted by Crippen LogP contribution is -2.41. The summed E-state index contributed by atoms with van der Waals surface area (Å²) in [6.45, 7) is 2.90. The van der Waals surface area contributed by atoms with Gasteiger partial charge in [-0.05, 0) is 43.4 Å². The molecule has 0 aliphatic carbocycles. The first-order valence-electron chi connectivity index (χ1n) is 8.28. The Bertz CT molecular complexity index is 762. The van der Waals surface area contributed by atoms with Crippen molar-refractivity contribution in [1.82, 2.24) is 9.88 Å². The molecule has 5 heteroatoms. The Kier molecular flexibility index (Phi) is 4.81. The van der Waals surface area contributed by atoms with E-state index in [-0.39, 0.29) is 22.9 Å². The topological polar surface area (TPSA) is 73.4 Å². The molecule has 1 aliphatic heterocycles. The van der Waals surface area contributed by atoms with Crippen molar-refractivity contribution < 1.29 is 9.90 Å². The van der Waals surface area contributed by atoms with Crippen LogP contribution in [0.2, 0.25) is 0 Å². The lowest BCUT2D eigenvalue weighted by molar-refractivity contribution is 0.0461. The highest BCUT2D eigenvalue weighted by Crippen LogP contribution is 2.30. The van der Waals surface area contributed by atoms with Gasteiger partial charge < -0.3 is 15.0 Å². The van der Waals surface area contributed by atoms with Crippen molar-refractivity contribution in [3.05, 3.63) is 69.6 Å². The molecule has 1 fully saturated rings. The van der Waals surface area contributed by atoms with E-state index >= 15 is 0 Å². The van der Waals surface area contributed by atoms with E-state index in [2.05, 4.69) is 4.98 Å². The van der Waals surface area contributed by atoms with Crippen LogP contribution in [0, 0.1) is 12.8 Å². The molecule has 1 aliphatic rings. The van der Waals surface area contributed by atoms with Crippen LogP contribution in [-0.4, -0.2) is 34.0 Å². The lowest BCUT2D eigenvalue weighted by Gasteiger charge is -2.34. The molecule has 2 aromatic rings. The Morgan fingerprint density at radius 2 is 1.83 bits per heavy atom. The SMILES string of the molecule is Cc1ccc(C(=O)N2CCC(C(O)c3ccccc3)CC2)c(=O)[nH]1. The maximum atomic E-state index is 12.5. The average molecular weight is 326 g/mol. The molecule has 3 rings (SSSR count). The van der Waals surface area contributed by atoms with E-state index in [4.69, 9.17) is 0 Å². The standard InChI is InChI=1S/C19H22N2O3/c1-13-7-8-16(18(23)20-13)19(24)21-11-9-15(10-12-21)17(22)14-5-3-2-4-6-14/h2-8,15,17,22H,9-12H2,1H3,(H,20,23). The van der Waals surface area contributed by atoms with Gasteiger partial charge in [-0.2, -0.15) is 0 Å². The van der Waals surface area contributed by atoms with Gasteiger partial charge >= 0.3 is 0 Å². The van der Waals surface area contributed by atoms with Crippen LogP contribution < -0.4 is 5.56 Å². The van der Waals surface area contributed by atoms with Gasteiger partial charge in [0.15, 0.2) is 0 Å². The molecule has 0 radical (unpaired) electrons. The summed E-state index contributed by atoms with van der Waals surface area (Å²) in [6.07, 6.45) is 0.947. The maximum absolute atomic E-state index is 12.5. The molecule has 1 saturated heterocycles. The third kappa shape index (κ3) is 3.41. The van der Waals surface area contributed by atoms with Crippen LogP contribution in [0.4, 0.5) is 0 Å². The highest BCUT2D eigenvalue weighted by atomic mass is 16.3. The molecule has 24 heavy (non-hydrogen) atoms. The van der Waals surface area contributed by atoms with E-state index in [1.165, 1.54) is 0 Å². The van der Waals surface area contributed by atoms with Crippen molar-refractivity contribution in [3.8, 4) is 0 Å². The molecular weight excluding hydrogens is 304 g/mol.